The van der Waals surface area contributed by atoms with Crippen LogP contribution in [0.25, 0.3) is 0 Å². The second-order valence-corrected chi connectivity index (χ2v) is 4.27. The number of hydrazine groups is 1. The highest BCUT2D eigenvalue weighted by Crippen LogP contribution is 2.10. The maximum absolute atomic E-state index is 12.1. The van der Waals surface area contributed by atoms with Gasteiger partial charge in [0.2, 0.25) is 0 Å². The number of carbonyl (C=O) groups excluding carboxylic acids is 1. The van der Waals surface area contributed by atoms with Crippen molar-refractivity contribution in [3.63, 3.8) is 0 Å². The molecule has 0 aliphatic carbocycles. The summed E-state index contributed by atoms with van der Waals surface area (Å²) >= 11 is 0. The van der Waals surface area contributed by atoms with E-state index in [-0.39, 0.29) is 5.91 Å². The van der Waals surface area contributed by atoms with Crippen molar-refractivity contribution < 1.29 is 4.79 Å². The van der Waals surface area contributed by atoms with E-state index in [1.165, 1.54) is 0 Å². The van der Waals surface area contributed by atoms with Crippen molar-refractivity contribution in [2.45, 2.75) is 19.9 Å². The van der Waals surface area contributed by atoms with Crippen LogP contribution in [0.4, 0.5) is 5.82 Å². The third-order valence-corrected chi connectivity index (χ3v) is 2.86. The van der Waals surface area contributed by atoms with E-state index in [9.17, 15) is 4.79 Å². The third-order valence-electron chi connectivity index (χ3n) is 2.86. The van der Waals surface area contributed by atoms with Crippen molar-refractivity contribution in [1.29, 1.82) is 0 Å². The summed E-state index contributed by atoms with van der Waals surface area (Å²) in [4.78, 5) is 16.4. The van der Waals surface area contributed by atoms with Crippen LogP contribution in [0.1, 0.15) is 28.8 Å². The van der Waals surface area contributed by atoms with E-state index < -0.39 is 0 Å². The van der Waals surface area contributed by atoms with Gasteiger partial charge in [-0.3, -0.25) is 4.79 Å². The number of hydrogen-bond donors (Lipinski definition) is 3. The zero-order valence-electron chi connectivity index (χ0n) is 11.4. The summed E-state index contributed by atoms with van der Waals surface area (Å²) in [6, 6.07) is 3.35. The number of aromatic nitrogens is 4. The van der Waals surface area contributed by atoms with Gasteiger partial charge in [0.25, 0.3) is 5.91 Å². The number of rotatable bonds is 5. The van der Waals surface area contributed by atoms with Gasteiger partial charge in [0.15, 0.2) is 5.82 Å². The Bertz CT molecular complexity index is 585. The molecular weight excluding hydrogens is 258 g/mol. The number of nitrogens with zero attached hydrogens (tertiary/aromatic N) is 4. The molecule has 4 N–H and O–H groups in total. The van der Waals surface area contributed by atoms with Crippen LogP contribution in [-0.2, 0) is 20.0 Å². The van der Waals surface area contributed by atoms with Gasteiger partial charge in [-0.15, -0.1) is 10.2 Å². The van der Waals surface area contributed by atoms with Gasteiger partial charge in [0.05, 0.1) is 6.54 Å². The number of aryl methyl sites for hydroxylation is 2. The lowest BCUT2D eigenvalue weighted by Crippen LogP contribution is -2.25. The van der Waals surface area contributed by atoms with Gasteiger partial charge in [-0.25, -0.2) is 10.8 Å². The highest BCUT2D eigenvalue weighted by molar-refractivity contribution is 5.94. The molecule has 20 heavy (non-hydrogen) atoms. The van der Waals surface area contributed by atoms with E-state index in [4.69, 9.17) is 5.84 Å². The standard InChI is InChI=1S/C12H17N7O/c1-3-9-4-8(5-10(16-9)17-13)12(20)14-6-11-18-15-7-19(11)2/h4-5,7H,3,6,13H2,1-2H3,(H,14,20)(H,16,17). The largest absolute Gasteiger partial charge is 0.345 e. The highest BCUT2D eigenvalue weighted by Gasteiger charge is 2.10. The molecule has 2 aromatic rings. The molecule has 2 rings (SSSR count). The minimum Gasteiger partial charge on any atom is -0.345 e. The molecule has 0 fully saturated rings. The van der Waals surface area contributed by atoms with Crippen LogP contribution in [-0.4, -0.2) is 25.7 Å². The fourth-order valence-corrected chi connectivity index (χ4v) is 1.70. The van der Waals surface area contributed by atoms with Gasteiger partial charge in [0.1, 0.15) is 12.1 Å². The molecule has 1 amide bonds. The van der Waals surface area contributed by atoms with Gasteiger partial charge in [0, 0.05) is 18.3 Å². The van der Waals surface area contributed by atoms with Crippen LogP contribution in [0, 0.1) is 0 Å². The fourth-order valence-electron chi connectivity index (χ4n) is 1.70. The first-order valence-electron chi connectivity index (χ1n) is 6.22. The van der Waals surface area contributed by atoms with E-state index >= 15 is 0 Å². The summed E-state index contributed by atoms with van der Waals surface area (Å²) < 4.78 is 1.75. The maximum atomic E-state index is 12.1. The van der Waals surface area contributed by atoms with Crippen molar-refractivity contribution in [2.24, 2.45) is 12.9 Å². The lowest BCUT2D eigenvalue weighted by Gasteiger charge is -2.08. The Kier molecular flexibility index (Phi) is 4.26. The summed E-state index contributed by atoms with van der Waals surface area (Å²) in [6.07, 6.45) is 2.30. The zero-order chi connectivity index (χ0) is 14.5. The van der Waals surface area contributed by atoms with Crippen molar-refractivity contribution >= 4 is 11.7 Å². The van der Waals surface area contributed by atoms with Crippen molar-refractivity contribution in [2.75, 3.05) is 5.43 Å². The summed E-state index contributed by atoms with van der Waals surface area (Å²) in [5, 5.41) is 10.4. The van der Waals surface area contributed by atoms with Crippen LogP contribution >= 0.6 is 0 Å². The maximum Gasteiger partial charge on any atom is 0.251 e. The molecule has 0 aliphatic heterocycles. The number of pyridine rings is 1. The first kappa shape index (κ1) is 13.9. The molecular formula is C12H17N7O. The van der Waals surface area contributed by atoms with Crippen molar-refractivity contribution in [1.82, 2.24) is 25.1 Å². The molecule has 0 unspecified atom stereocenters. The van der Waals surface area contributed by atoms with Gasteiger partial charge in [-0.1, -0.05) is 6.92 Å². The molecule has 8 heteroatoms. The first-order chi connectivity index (χ1) is 9.63. The summed E-state index contributed by atoms with van der Waals surface area (Å²) in [5.41, 5.74) is 3.76. The van der Waals surface area contributed by atoms with E-state index in [0.717, 1.165) is 12.1 Å². The van der Waals surface area contributed by atoms with E-state index in [1.54, 1.807) is 23.0 Å². The molecule has 0 atom stereocenters. The number of nitrogens with two attached hydrogens (primary N) is 1. The SMILES string of the molecule is CCc1cc(C(=O)NCc2nncn2C)cc(NN)n1. The second kappa shape index (κ2) is 6.11. The lowest BCUT2D eigenvalue weighted by atomic mass is 10.2. The van der Waals surface area contributed by atoms with Gasteiger partial charge < -0.3 is 15.3 Å². The molecule has 0 spiro atoms. The Morgan fingerprint density at radius 1 is 1.45 bits per heavy atom. The van der Waals surface area contributed by atoms with Crippen LogP contribution in [0.2, 0.25) is 0 Å². The number of carbonyl (C=O) groups is 1. The minimum absolute atomic E-state index is 0.207. The first-order valence-corrected chi connectivity index (χ1v) is 6.22. The Hall–Kier alpha value is -2.48. The van der Waals surface area contributed by atoms with Crippen LogP contribution in [0.3, 0.4) is 0 Å². The third kappa shape index (κ3) is 3.09. The predicted molar refractivity (Wildman–Crippen MR) is 73.6 cm³/mol. The van der Waals surface area contributed by atoms with Crippen molar-refractivity contribution in [3.8, 4) is 0 Å². The Balaban J connectivity index is 2.10. The van der Waals surface area contributed by atoms with E-state index in [0.29, 0.717) is 23.8 Å². The van der Waals surface area contributed by atoms with Crippen LogP contribution in [0.15, 0.2) is 18.5 Å². The fraction of sp³-hybridized carbons (Fsp3) is 0.333. The molecule has 2 heterocycles. The second-order valence-electron chi connectivity index (χ2n) is 4.27. The van der Waals surface area contributed by atoms with E-state index in [2.05, 4.69) is 25.9 Å². The monoisotopic (exact) mass is 275 g/mol. The van der Waals surface area contributed by atoms with Crippen molar-refractivity contribution in [3.05, 3.63) is 35.5 Å². The normalized spacial score (nSPS) is 10.3. The lowest BCUT2D eigenvalue weighted by molar-refractivity contribution is 0.0949. The van der Waals surface area contributed by atoms with Gasteiger partial charge in [-0.05, 0) is 18.6 Å². The Morgan fingerprint density at radius 3 is 2.85 bits per heavy atom. The Labute approximate surface area is 116 Å². The molecule has 8 nitrogen and oxygen atoms in total. The quantitative estimate of drug-likeness (QED) is 0.523. The minimum atomic E-state index is -0.207. The molecule has 2 aromatic heterocycles. The summed E-state index contributed by atoms with van der Waals surface area (Å²) in [5.74, 6) is 6.29. The molecule has 0 saturated carbocycles. The molecule has 0 aliphatic rings. The smallest absolute Gasteiger partial charge is 0.251 e. The zero-order valence-corrected chi connectivity index (χ0v) is 11.4. The van der Waals surface area contributed by atoms with Gasteiger partial charge >= 0.3 is 0 Å². The number of nitrogen functional groups attached to an aromatic ring is 1. The molecule has 0 bridgehead atoms. The number of hydrogen-bond acceptors (Lipinski definition) is 6. The van der Waals surface area contributed by atoms with E-state index in [1.807, 2.05) is 14.0 Å². The predicted octanol–water partition coefficient (Wildman–Crippen LogP) is -0.0119. The average Bonchev–Trinajstić information content (AvgIpc) is 2.89. The Morgan fingerprint density at radius 2 is 2.25 bits per heavy atom. The topological polar surface area (TPSA) is 111 Å². The van der Waals surface area contributed by atoms with Crippen LogP contribution in [0.5, 0.6) is 0 Å². The number of nitrogens with one attached hydrogen (secondary N) is 2. The molecule has 0 aromatic carbocycles. The van der Waals surface area contributed by atoms with Gasteiger partial charge in [-0.2, -0.15) is 0 Å². The number of anilines is 1. The average molecular weight is 275 g/mol. The van der Waals surface area contributed by atoms with Crippen LogP contribution < -0.4 is 16.6 Å². The summed E-state index contributed by atoms with van der Waals surface area (Å²) in [6.45, 7) is 2.27. The molecule has 106 valence electrons. The summed E-state index contributed by atoms with van der Waals surface area (Å²) in [7, 11) is 1.82. The molecule has 0 saturated heterocycles. The number of amides is 1. The highest BCUT2D eigenvalue weighted by atomic mass is 16.1. The molecule has 0 radical (unpaired) electrons.